The predicted molar refractivity (Wildman–Crippen MR) is 50.2 cm³/mol. The van der Waals surface area contributed by atoms with Crippen LogP contribution in [0.4, 0.5) is 14.5 Å². The van der Waals surface area contributed by atoms with E-state index in [0.717, 1.165) is 0 Å². The zero-order valence-corrected chi connectivity index (χ0v) is 8.41. The van der Waals surface area contributed by atoms with Gasteiger partial charge in [0, 0.05) is 6.07 Å². The maximum atomic E-state index is 12.4. The lowest BCUT2D eigenvalue weighted by Crippen LogP contribution is -2.01. The number of nitriles is 1. The Labute approximate surface area is 93.4 Å². The minimum atomic E-state index is -2.95. The molecule has 0 spiro atoms. The number of nitrogens with zero attached hydrogens (tertiary/aromatic N) is 3. The molecule has 0 bridgehead atoms. The number of aromatic nitrogens is 1. The van der Waals surface area contributed by atoms with Crippen molar-refractivity contribution in [3.8, 4) is 6.07 Å². The van der Waals surface area contributed by atoms with Gasteiger partial charge in [-0.2, -0.15) is 5.26 Å². The van der Waals surface area contributed by atoms with Gasteiger partial charge in [-0.1, -0.05) is 11.6 Å². The van der Waals surface area contributed by atoms with E-state index in [1.165, 1.54) is 0 Å². The number of alkyl halides is 2. The first-order chi connectivity index (χ1) is 7.47. The molecule has 0 aliphatic heterocycles. The quantitative estimate of drug-likeness (QED) is 0.607. The van der Waals surface area contributed by atoms with E-state index in [9.17, 15) is 18.9 Å². The monoisotopic (exact) mass is 247 g/mol. The number of nitro groups is 1. The van der Waals surface area contributed by atoms with Crippen LogP contribution in [0.15, 0.2) is 6.07 Å². The number of halogens is 3. The van der Waals surface area contributed by atoms with Gasteiger partial charge in [-0.25, -0.2) is 13.8 Å². The maximum Gasteiger partial charge on any atom is 0.291 e. The molecule has 0 unspecified atom stereocenters. The van der Waals surface area contributed by atoms with Crippen LogP contribution in [0, 0.1) is 21.4 Å². The van der Waals surface area contributed by atoms with Crippen LogP contribution in [0.5, 0.6) is 0 Å². The Balaban J connectivity index is 3.40. The number of rotatable bonds is 3. The summed E-state index contributed by atoms with van der Waals surface area (Å²) in [5.41, 5.74) is -1.65. The van der Waals surface area contributed by atoms with Gasteiger partial charge in [-0.3, -0.25) is 10.1 Å². The first-order valence-corrected chi connectivity index (χ1v) is 4.34. The van der Waals surface area contributed by atoms with Crippen molar-refractivity contribution in [1.29, 1.82) is 5.26 Å². The van der Waals surface area contributed by atoms with Crippen molar-refractivity contribution < 1.29 is 13.7 Å². The first-order valence-electron chi connectivity index (χ1n) is 3.96. The molecule has 0 atom stereocenters. The first kappa shape index (κ1) is 12.3. The summed E-state index contributed by atoms with van der Waals surface area (Å²) in [6.45, 7) is 0. The molecule has 0 N–H and O–H groups in total. The van der Waals surface area contributed by atoms with Gasteiger partial charge >= 0.3 is 0 Å². The zero-order valence-electron chi connectivity index (χ0n) is 7.65. The number of hydrogen-bond acceptors (Lipinski definition) is 4. The normalized spacial score (nSPS) is 10.2. The second-order valence-corrected chi connectivity index (χ2v) is 3.10. The van der Waals surface area contributed by atoms with E-state index >= 15 is 0 Å². The second-order valence-electron chi connectivity index (χ2n) is 2.72. The van der Waals surface area contributed by atoms with Gasteiger partial charge in [0.1, 0.15) is 10.7 Å². The Bertz CT molecular complexity index is 473. The number of pyridine rings is 1. The highest BCUT2D eigenvalue weighted by molar-refractivity contribution is 6.33. The Morgan fingerprint density at radius 2 is 2.31 bits per heavy atom. The molecule has 84 valence electrons. The summed E-state index contributed by atoms with van der Waals surface area (Å²) in [5, 5.41) is 18.5. The van der Waals surface area contributed by atoms with Crippen LogP contribution in [0.25, 0.3) is 0 Å². The van der Waals surface area contributed by atoms with Crippen molar-refractivity contribution in [3.05, 3.63) is 32.6 Å². The molecule has 1 aromatic heterocycles. The van der Waals surface area contributed by atoms with Crippen molar-refractivity contribution in [2.45, 2.75) is 12.8 Å². The van der Waals surface area contributed by atoms with Crippen LogP contribution < -0.4 is 0 Å². The minimum absolute atomic E-state index is 0.214. The molecule has 1 heterocycles. The molecule has 0 aromatic carbocycles. The molecule has 1 rings (SSSR count). The molecule has 0 saturated carbocycles. The van der Waals surface area contributed by atoms with Gasteiger partial charge < -0.3 is 0 Å². The third-order valence-electron chi connectivity index (χ3n) is 1.69. The summed E-state index contributed by atoms with van der Waals surface area (Å²) in [7, 11) is 0. The third kappa shape index (κ3) is 2.41. The van der Waals surface area contributed by atoms with Gasteiger partial charge in [0.05, 0.1) is 23.1 Å². The Morgan fingerprint density at radius 1 is 1.69 bits per heavy atom. The Hall–Kier alpha value is -1.81. The van der Waals surface area contributed by atoms with Crippen LogP contribution >= 0.6 is 11.6 Å². The SMILES string of the molecule is N#CCc1nc(C(F)F)cc([N+](=O)[O-])c1Cl. The van der Waals surface area contributed by atoms with Crippen LogP contribution in [0.3, 0.4) is 0 Å². The topological polar surface area (TPSA) is 79.8 Å². The largest absolute Gasteiger partial charge is 0.291 e. The fraction of sp³-hybridized carbons (Fsp3) is 0.250. The van der Waals surface area contributed by atoms with Crippen LogP contribution in [-0.4, -0.2) is 9.91 Å². The molecular formula is C8H4ClF2N3O2. The van der Waals surface area contributed by atoms with E-state index in [2.05, 4.69) is 4.98 Å². The van der Waals surface area contributed by atoms with Crippen molar-refractivity contribution in [1.82, 2.24) is 4.98 Å². The average Bonchev–Trinajstić information content (AvgIpc) is 2.20. The molecule has 0 radical (unpaired) electrons. The average molecular weight is 248 g/mol. The second kappa shape index (κ2) is 4.81. The van der Waals surface area contributed by atoms with Gasteiger partial charge in [0.15, 0.2) is 0 Å². The van der Waals surface area contributed by atoms with Crippen molar-refractivity contribution in [3.63, 3.8) is 0 Å². The summed E-state index contributed by atoms with van der Waals surface area (Å²) >= 11 is 5.56. The third-order valence-corrected chi connectivity index (χ3v) is 2.11. The van der Waals surface area contributed by atoms with E-state index in [1.54, 1.807) is 6.07 Å². The smallest absolute Gasteiger partial charge is 0.258 e. The molecule has 0 saturated heterocycles. The lowest BCUT2D eigenvalue weighted by Gasteiger charge is -2.04. The zero-order chi connectivity index (χ0) is 12.3. The molecule has 0 fully saturated rings. The molecule has 5 nitrogen and oxygen atoms in total. The lowest BCUT2D eigenvalue weighted by molar-refractivity contribution is -0.384. The summed E-state index contributed by atoms with van der Waals surface area (Å²) in [5.74, 6) is 0. The highest BCUT2D eigenvalue weighted by Crippen LogP contribution is 2.31. The van der Waals surface area contributed by atoms with Gasteiger partial charge in [-0.15, -0.1) is 0 Å². The molecule has 1 aromatic rings. The van der Waals surface area contributed by atoms with E-state index in [-0.39, 0.29) is 17.1 Å². The summed E-state index contributed by atoms with van der Waals surface area (Å²) in [6.07, 6.45) is -3.31. The predicted octanol–water partition coefficient (Wildman–Crippen LogP) is 2.65. The van der Waals surface area contributed by atoms with E-state index in [4.69, 9.17) is 16.9 Å². The highest BCUT2D eigenvalue weighted by atomic mass is 35.5. The Morgan fingerprint density at radius 3 is 2.75 bits per heavy atom. The van der Waals surface area contributed by atoms with Crippen LogP contribution in [-0.2, 0) is 6.42 Å². The molecule has 0 aliphatic rings. The van der Waals surface area contributed by atoms with E-state index in [0.29, 0.717) is 6.07 Å². The van der Waals surface area contributed by atoms with Gasteiger partial charge in [0.25, 0.3) is 12.1 Å². The van der Waals surface area contributed by atoms with E-state index in [1.807, 2.05) is 0 Å². The summed E-state index contributed by atoms with van der Waals surface area (Å²) in [6, 6.07) is 2.25. The highest BCUT2D eigenvalue weighted by Gasteiger charge is 2.22. The van der Waals surface area contributed by atoms with Crippen LogP contribution in [0.1, 0.15) is 17.8 Å². The van der Waals surface area contributed by atoms with Crippen molar-refractivity contribution >= 4 is 17.3 Å². The Kier molecular flexibility index (Phi) is 3.68. The maximum absolute atomic E-state index is 12.4. The fourth-order valence-corrected chi connectivity index (χ4v) is 1.26. The van der Waals surface area contributed by atoms with Crippen molar-refractivity contribution in [2.75, 3.05) is 0 Å². The molecule has 0 amide bonds. The summed E-state index contributed by atoms with van der Waals surface area (Å²) < 4.78 is 24.7. The summed E-state index contributed by atoms with van der Waals surface area (Å²) in [4.78, 5) is 13.0. The number of hydrogen-bond donors (Lipinski definition) is 0. The standard InChI is InChI=1S/C8H4ClF2N3O2/c9-7-4(1-2-12)13-5(8(10)11)3-6(7)14(15)16/h3,8H,1H2. The van der Waals surface area contributed by atoms with Gasteiger partial charge in [0.2, 0.25) is 0 Å². The van der Waals surface area contributed by atoms with Crippen molar-refractivity contribution in [2.24, 2.45) is 0 Å². The molecular weight excluding hydrogens is 244 g/mol. The lowest BCUT2D eigenvalue weighted by atomic mass is 10.2. The minimum Gasteiger partial charge on any atom is -0.258 e. The fourth-order valence-electron chi connectivity index (χ4n) is 1.03. The van der Waals surface area contributed by atoms with E-state index < -0.39 is 22.7 Å². The van der Waals surface area contributed by atoms with Crippen LogP contribution in [0.2, 0.25) is 5.02 Å². The molecule has 16 heavy (non-hydrogen) atoms. The van der Waals surface area contributed by atoms with Gasteiger partial charge in [-0.05, 0) is 0 Å². The molecule has 8 heteroatoms. The molecule has 0 aliphatic carbocycles.